The predicted octanol–water partition coefficient (Wildman–Crippen LogP) is 5.99. The Hall–Kier alpha value is -9.40. The fourth-order valence-electron chi connectivity index (χ4n) is 5.97. The van der Waals surface area contributed by atoms with Crippen LogP contribution in [0.2, 0.25) is 0 Å². The van der Waals surface area contributed by atoms with Crippen LogP contribution >= 0.6 is 0 Å². The Balaban J connectivity index is 1.02. The standard InChI is InChI=1S/C50H38O20/c51-39-13-5-1-9-35(39)47(59)67-43(55)29-23-30(44(56)68-48(60)36-10-2-6-14-40(36)52)26-33(25-29)65-21-19-63-17-18-64-20-22-66-34-27-31(45(57)69-49(61)37-11-3-7-15-41(37)53)24-32(28-34)46(58)70-50(62)38-12-4-8-16-42(38)54/h1-16,23-28,51-54H,17-22H2. The summed E-state index contributed by atoms with van der Waals surface area (Å²) in [6.07, 6.45) is 0. The fraction of sp³-hybridized carbons (Fsp3) is 0.120. The third-order valence-corrected chi connectivity index (χ3v) is 9.36. The Kier molecular flexibility index (Phi) is 17.1. The van der Waals surface area contributed by atoms with Gasteiger partial charge in [0.05, 0.1) is 48.7 Å². The Bertz CT molecular complexity index is 2580. The molecule has 358 valence electrons. The van der Waals surface area contributed by atoms with Crippen LogP contribution in [0.4, 0.5) is 0 Å². The summed E-state index contributed by atoms with van der Waals surface area (Å²) in [4.78, 5) is 103. The molecule has 4 N–H and O–H groups in total. The summed E-state index contributed by atoms with van der Waals surface area (Å²) in [6.45, 7) is -0.418. The molecule has 0 unspecified atom stereocenters. The van der Waals surface area contributed by atoms with Gasteiger partial charge in [-0.3, -0.25) is 0 Å². The molecule has 0 aliphatic rings. The van der Waals surface area contributed by atoms with E-state index in [0.29, 0.717) is 0 Å². The van der Waals surface area contributed by atoms with Gasteiger partial charge in [-0.25, -0.2) is 38.4 Å². The summed E-state index contributed by atoms with van der Waals surface area (Å²) in [5, 5.41) is 40.0. The zero-order valence-electron chi connectivity index (χ0n) is 36.3. The molecule has 20 nitrogen and oxygen atoms in total. The maximum atomic E-state index is 13.1. The maximum absolute atomic E-state index is 13.1. The Labute approximate surface area is 395 Å². The van der Waals surface area contributed by atoms with E-state index < -0.39 is 70.8 Å². The van der Waals surface area contributed by atoms with Crippen LogP contribution in [-0.4, -0.2) is 108 Å². The van der Waals surface area contributed by atoms with Crippen molar-refractivity contribution < 1.29 is 96.7 Å². The number of carbonyl (C=O) groups excluding carboxylic acids is 8. The predicted molar refractivity (Wildman–Crippen MR) is 237 cm³/mol. The Morgan fingerprint density at radius 1 is 0.300 bits per heavy atom. The zero-order valence-corrected chi connectivity index (χ0v) is 36.3. The van der Waals surface area contributed by atoms with Crippen LogP contribution in [-0.2, 0) is 28.4 Å². The number of carbonyl (C=O) groups is 8. The topological polar surface area (TPSA) is 291 Å². The number of benzene rings is 6. The lowest BCUT2D eigenvalue weighted by atomic mass is 10.1. The van der Waals surface area contributed by atoms with Gasteiger partial charge in [0.15, 0.2) is 0 Å². The van der Waals surface area contributed by atoms with E-state index >= 15 is 0 Å². The van der Waals surface area contributed by atoms with E-state index in [4.69, 9.17) is 37.9 Å². The van der Waals surface area contributed by atoms with E-state index in [0.717, 1.165) is 36.4 Å². The molecular formula is C50H38O20. The van der Waals surface area contributed by atoms with Gasteiger partial charge < -0.3 is 58.3 Å². The van der Waals surface area contributed by atoms with E-state index in [1.165, 1.54) is 97.1 Å². The molecule has 0 aromatic heterocycles. The van der Waals surface area contributed by atoms with Crippen LogP contribution in [0.5, 0.6) is 34.5 Å². The lowest BCUT2D eigenvalue weighted by Crippen LogP contribution is -2.17. The Morgan fingerprint density at radius 2 is 0.529 bits per heavy atom. The molecular weight excluding hydrogens is 921 g/mol. The van der Waals surface area contributed by atoms with Crippen LogP contribution in [0, 0.1) is 0 Å². The van der Waals surface area contributed by atoms with Crippen molar-refractivity contribution in [1.82, 2.24) is 0 Å². The number of esters is 8. The van der Waals surface area contributed by atoms with Gasteiger partial charge >= 0.3 is 47.8 Å². The minimum absolute atomic E-state index is 0.0174. The summed E-state index contributed by atoms with van der Waals surface area (Å²) < 4.78 is 42.0. The van der Waals surface area contributed by atoms with Crippen LogP contribution in [0.1, 0.15) is 82.9 Å². The number of aromatic hydroxyl groups is 4. The molecule has 0 bridgehead atoms. The van der Waals surface area contributed by atoms with Gasteiger partial charge in [-0.15, -0.1) is 0 Å². The monoisotopic (exact) mass is 958 g/mol. The average Bonchev–Trinajstić information content (AvgIpc) is 3.34. The van der Waals surface area contributed by atoms with Crippen LogP contribution < -0.4 is 9.47 Å². The molecule has 0 saturated heterocycles. The highest BCUT2D eigenvalue weighted by Crippen LogP contribution is 2.25. The van der Waals surface area contributed by atoms with Crippen molar-refractivity contribution in [2.45, 2.75) is 0 Å². The number of rotatable bonds is 19. The second-order valence-corrected chi connectivity index (χ2v) is 14.2. The molecule has 0 spiro atoms. The second kappa shape index (κ2) is 23.9. The molecule has 0 atom stereocenters. The van der Waals surface area contributed by atoms with E-state index in [-0.39, 0.29) is 95.6 Å². The number of phenolic OH excluding ortho intramolecular Hbond substituents is 4. The van der Waals surface area contributed by atoms with Crippen LogP contribution in [0.3, 0.4) is 0 Å². The van der Waals surface area contributed by atoms with E-state index in [1.54, 1.807) is 0 Å². The van der Waals surface area contributed by atoms with Gasteiger partial charge in [0, 0.05) is 0 Å². The van der Waals surface area contributed by atoms with Gasteiger partial charge in [-0.1, -0.05) is 48.5 Å². The number of phenols is 4. The number of hydrogen-bond acceptors (Lipinski definition) is 20. The molecule has 0 radical (unpaired) electrons. The summed E-state index contributed by atoms with van der Waals surface area (Å²) in [7, 11) is 0. The lowest BCUT2D eigenvalue weighted by molar-refractivity contribution is 0.0272. The molecule has 0 amide bonds. The van der Waals surface area contributed by atoms with Crippen molar-refractivity contribution in [2.75, 3.05) is 39.6 Å². The summed E-state index contributed by atoms with van der Waals surface area (Å²) in [5.41, 5.74) is -2.74. The molecule has 0 fully saturated rings. The molecule has 6 aromatic carbocycles. The quantitative estimate of drug-likeness (QED) is 0.0314. The summed E-state index contributed by atoms with van der Waals surface area (Å²) in [6, 6.07) is 27.7. The summed E-state index contributed by atoms with van der Waals surface area (Å²) >= 11 is 0. The Morgan fingerprint density at radius 3 is 0.771 bits per heavy atom. The largest absolute Gasteiger partial charge is 0.507 e. The zero-order chi connectivity index (χ0) is 50.2. The third-order valence-electron chi connectivity index (χ3n) is 9.36. The molecule has 0 aliphatic heterocycles. The molecule has 0 heterocycles. The number of ether oxygens (including phenoxy) is 8. The fourth-order valence-corrected chi connectivity index (χ4v) is 5.97. The molecule has 6 aromatic rings. The van der Waals surface area contributed by atoms with Crippen molar-refractivity contribution in [3.63, 3.8) is 0 Å². The normalized spacial score (nSPS) is 10.6. The minimum atomic E-state index is -1.25. The first-order valence-electron chi connectivity index (χ1n) is 20.6. The average molecular weight is 959 g/mol. The maximum Gasteiger partial charge on any atom is 0.349 e. The molecule has 0 aliphatic carbocycles. The molecule has 20 heteroatoms. The van der Waals surface area contributed by atoms with Crippen molar-refractivity contribution in [2.24, 2.45) is 0 Å². The van der Waals surface area contributed by atoms with E-state index in [9.17, 15) is 58.8 Å². The van der Waals surface area contributed by atoms with Gasteiger partial charge in [-0.2, -0.15) is 0 Å². The highest BCUT2D eigenvalue weighted by Gasteiger charge is 2.25. The highest BCUT2D eigenvalue weighted by atomic mass is 16.6. The molecule has 0 saturated carbocycles. The number of hydrogen-bond donors (Lipinski definition) is 4. The van der Waals surface area contributed by atoms with Crippen LogP contribution in [0.25, 0.3) is 0 Å². The second-order valence-electron chi connectivity index (χ2n) is 14.2. The molecule has 6 rings (SSSR count). The first-order chi connectivity index (χ1) is 33.7. The number of para-hydroxylation sites is 4. The smallest absolute Gasteiger partial charge is 0.349 e. The third kappa shape index (κ3) is 13.6. The van der Waals surface area contributed by atoms with Gasteiger partial charge in [0.2, 0.25) is 0 Å². The highest BCUT2D eigenvalue weighted by molar-refractivity contribution is 6.08. The van der Waals surface area contributed by atoms with E-state index in [2.05, 4.69) is 0 Å². The summed E-state index contributed by atoms with van der Waals surface area (Å²) in [5.74, 6) is -11.8. The SMILES string of the molecule is O=C(OC(=O)c1ccccc1O)c1cc(OCCOCCOCCOc2cc(C(=O)OC(=O)c3ccccc3O)cc(C(=O)OC(=O)c3ccccc3O)c2)cc(C(=O)OC(=O)c2ccccc2O)c1. The van der Waals surface area contributed by atoms with Crippen LogP contribution in [0.15, 0.2) is 133 Å². The minimum Gasteiger partial charge on any atom is -0.507 e. The van der Waals surface area contributed by atoms with Gasteiger partial charge in [-0.05, 0) is 84.9 Å². The van der Waals surface area contributed by atoms with Crippen molar-refractivity contribution in [1.29, 1.82) is 0 Å². The first-order valence-corrected chi connectivity index (χ1v) is 20.6. The van der Waals surface area contributed by atoms with Crippen molar-refractivity contribution in [3.05, 3.63) is 178 Å². The van der Waals surface area contributed by atoms with Gasteiger partial charge in [0.25, 0.3) is 0 Å². The van der Waals surface area contributed by atoms with Gasteiger partial charge in [0.1, 0.15) is 70.0 Å². The lowest BCUT2D eigenvalue weighted by Gasteiger charge is -2.12. The molecule has 70 heavy (non-hydrogen) atoms. The first kappa shape index (κ1) is 50.0. The van der Waals surface area contributed by atoms with Crippen molar-refractivity contribution in [3.8, 4) is 34.5 Å². The van der Waals surface area contributed by atoms with E-state index in [1.807, 2.05) is 0 Å². The van der Waals surface area contributed by atoms with Crippen molar-refractivity contribution >= 4 is 47.8 Å².